The minimum absolute atomic E-state index is 0.00160. The van der Waals surface area contributed by atoms with Gasteiger partial charge in [0.15, 0.2) is 0 Å². The van der Waals surface area contributed by atoms with Crippen molar-refractivity contribution in [1.82, 2.24) is 15.1 Å². The highest BCUT2D eigenvalue weighted by atomic mass is 16.2. The first-order valence-corrected chi connectivity index (χ1v) is 7.48. The first-order chi connectivity index (χ1) is 9.45. The van der Waals surface area contributed by atoms with Gasteiger partial charge in [0.05, 0.1) is 13.1 Å². The molecule has 6 heteroatoms. The summed E-state index contributed by atoms with van der Waals surface area (Å²) in [7, 11) is 1.69. The van der Waals surface area contributed by atoms with Gasteiger partial charge in [-0.15, -0.1) is 0 Å². The molecule has 0 aromatic heterocycles. The van der Waals surface area contributed by atoms with Gasteiger partial charge in [0.25, 0.3) is 0 Å². The molecule has 3 N–H and O–H groups in total. The van der Waals surface area contributed by atoms with Crippen LogP contribution in [0.2, 0.25) is 0 Å². The molecule has 0 bridgehead atoms. The summed E-state index contributed by atoms with van der Waals surface area (Å²) in [6.07, 6.45) is 3.99. The fourth-order valence-electron chi connectivity index (χ4n) is 2.59. The van der Waals surface area contributed by atoms with Gasteiger partial charge in [0.2, 0.25) is 11.8 Å². The first kappa shape index (κ1) is 15.3. The van der Waals surface area contributed by atoms with Crippen LogP contribution in [0.3, 0.4) is 0 Å². The van der Waals surface area contributed by atoms with Gasteiger partial charge in [-0.05, 0) is 32.6 Å². The third-order valence-electron chi connectivity index (χ3n) is 4.14. The molecule has 1 saturated carbocycles. The normalized spacial score (nSPS) is 27.1. The zero-order valence-electron chi connectivity index (χ0n) is 12.5. The molecular formula is C14H26N4O2. The number of hydrogen-bond donors (Lipinski definition) is 2. The SMILES string of the molecule is CC1CC(N)CCN1CC(=O)N(C)CC(=O)NC1CC1. The number of nitrogens with one attached hydrogen (secondary N) is 1. The van der Waals surface area contributed by atoms with E-state index >= 15 is 0 Å². The van der Waals surface area contributed by atoms with Crippen LogP contribution in [-0.2, 0) is 9.59 Å². The van der Waals surface area contributed by atoms with Crippen LogP contribution in [0, 0.1) is 0 Å². The summed E-state index contributed by atoms with van der Waals surface area (Å²) >= 11 is 0. The average molecular weight is 282 g/mol. The molecule has 20 heavy (non-hydrogen) atoms. The van der Waals surface area contributed by atoms with Gasteiger partial charge in [-0.3, -0.25) is 14.5 Å². The highest BCUT2D eigenvalue weighted by Gasteiger charge is 2.27. The lowest BCUT2D eigenvalue weighted by Crippen LogP contribution is -2.50. The lowest BCUT2D eigenvalue weighted by Gasteiger charge is -2.36. The number of carbonyl (C=O) groups excluding carboxylic acids is 2. The van der Waals surface area contributed by atoms with E-state index in [4.69, 9.17) is 5.73 Å². The molecule has 2 atom stereocenters. The Kier molecular flexibility index (Phi) is 4.99. The third kappa shape index (κ3) is 4.45. The Morgan fingerprint density at radius 3 is 2.65 bits per heavy atom. The lowest BCUT2D eigenvalue weighted by molar-refractivity contribution is -0.136. The van der Waals surface area contributed by atoms with Crippen LogP contribution < -0.4 is 11.1 Å². The fourth-order valence-corrected chi connectivity index (χ4v) is 2.59. The summed E-state index contributed by atoms with van der Waals surface area (Å²) in [5, 5.41) is 2.89. The molecule has 2 rings (SSSR count). The van der Waals surface area contributed by atoms with Crippen molar-refractivity contribution >= 4 is 11.8 Å². The Balaban J connectivity index is 1.73. The number of hydrogen-bond acceptors (Lipinski definition) is 4. The molecule has 0 aromatic carbocycles. The number of amides is 2. The molecule has 6 nitrogen and oxygen atoms in total. The van der Waals surface area contributed by atoms with E-state index in [9.17, 15) is 9.59 Å². The van der Waals surface area contributed by atoms with Gasteiger partial charge in [-0.25, -0.2) is 0 Å². The molecule has 2 amide bonds. The first-order valence-electron chi connectivity index (χ1n) is 7.48. The van der Waals surface area contributed by atoms with E-state index in [1.54, 1.807) is 7.05 Å². The molecule has 0 radical (unpaired) electrons. The van der Waals surface area contributed by atoms with Gasteiger partial charge >= 0.3 is 0 Å². The quantitative estimate of drug-likeness (QED) is 0.715. The van der Waals surface area contributed by atoms with Crippen LogP contribution in [0.15, 0.2) is 0 Å². The van der Waals surface area contributed by atoms with Gasteiger partial charge in [0, 0.05) is 31.7 Å². The summed E-state index contributed by atoms with van der Waals surface area (Å²) in [6, 6.07) is 0.921. The van der Waals surface area contributed by atoms with Crippen LogP contribution >= 0.6 is 0 Å². The summed E-state index contributed by atoms with van der Waals surface area (Å²) in [4.78, 5) is 27.5. The van der Waals surface area contributed by atoms with Crippen molar-refractivity contribution < 1.29 is 9.59 Å². The maximum absolute atomic E-state index is 12.1. The summed E-state index contributed by atoms with van der Waals surface area (Å²) < 4.78 is 0. The molecule has 1 aliphatic carbocycles. The molecule has 1 aliphatic heterocycles. The predicted octanol–water partition coefficient (Wildman–Crippen LogP) is -0.465. The zero-order chi connectivity index (χ0) is 14.7. The van der Waals surface area contributed by atoms with E-state index in [0.29, 0.717) is 18.6 Å². The Morgan fingerprint density at radius 2 is 2.05 bits per heavy atom. The van der Waals surface area contributed by atoms with E-state index < -0.39 is 0 Å². The second-order valence-electron chi connectivity index (χ2n) is 6.20. The van der Waals surface area contributed by atoms with E-state index in [2.05, 4.69) is 17.1 Å². The van der Waals surface area contributed by atoms with Crippen molar-refractivity contribution in [3.63, 3.8) is 0 Å². The van der Waals surface area contributed by atoms with Crippen LogP contribution in [0.5, 0.6) is 0 Å². The van der Waals surface area contributed by atoms with Gasteiger partial charge in [-0.2, -0.15) is 0 Å². The van der Waals surface area contributed by atoms with Gasteiger partial charge in [-0.1, -0.05) is 0 Å². The Labute approximate surface area is 120 Å². The largest absolute Gasteiger partial charge is 0.352 e. The molecule has 2 aliphatic rings. The van der Waals surface area contributed by atoms with Crippen molar-refractivity contribution in [2.24, 2.45) is 5.73 Å². The van der Waals surface area contributed by atoms with E-state index in [0.717, 1.165) is 32.2 Å². The third-order valence-corrected chi connectivity index (χ3v) is 4.14. The number of piperidine rings is 1. The van der Waals surface area contributed by atoms with Crippen molar-refractivity contribution in [3.05, 3.63) is 0 Å². The smallest absolute Gasteiger partial charge is 0.239 e. The monoisotopic (exact) mass is 282 g/mol. The maximum atomic E-state index is 12.1. The number of carbonyl (C=O) groups is 2. The Hall–Kier alpha value is -1.14. The number of likely N-dealkylation sites (N-methyl/N-ethyl adjacent to an activating group) is 1. The van der Waals surface area contributed by atoms with Gasteiger partial charge < -0.3 is 16.0 Å². The predicted molar refractivity (Wildman–Crippen MR) is 77.0 cm³/mol. The molecular weight excluding hydrogens is 256 g/mol. The number of rotatable bonds is 5. The second kappa shape index (κ2) is 6.54. The van der Waals surface area contributed by atoms with E-state index in [-0.39, 0.29) is 24.4 Å². The summed E-state index contributed by atoms with van der Waals surface area (Å²) in [5.41, 5.74) is 5.92. The van der Waals surface area contributed by atoms with Crippen LogP contribution in [0.4, 0.5) is 0 Å². The average Bonchev–Trinajstić information content (AvgIpc) is 3.16. The standard InChI is InChI=1S/C14H26N4O2/c1-10-7-11(15)5-6-18(10)9-14(20)17(2)8-13(19)16-12-3-4-12/h10-12H,3-9,15H2,1-2H3,(H,16,19). The lowest BCUT2D eigenvalue weighted by atomic mass is 9.99. The molecule has 0 spiro atoms. The Morgan fingerprint density at radius 1 is 1.35 bits per heavy atom. The van der Waals surface area contributed by atoms with Crippen molar-refractivity contribution in [2.75, 3.05) is 26.7 Å². The zero-order valence-corrected chi connectivity index (χ0v) is 12.5. The van der Waals surface area contributed by atoms with Crippen LogP contribution in [0.1, 0.15) is 32.6 Å². The second-order valence-corrected chi connectivity index (χ2v) is 6.20. The highest BCUT2D eigenvalue weighted by molar-refractivity contribution is 5.85. The topological polar surface area (TPSA) is 78.7 Å². The van der Waals surface area contributed by atoms with Crippen LogP contribution in [0.25, 0.3) is 0 Å². The minimum atomic E-state index is -0.0583. The number of nitrogens with zero attached hydrogens (tertiary/aromatic N) is 2. The molecule has 1 heterocycles. The van der Waals surface area contributed by atoms with Crippen molar-refractivity contribution in [2.45, 2.75) is 50.7 Å². The van der Waals surface area contributed by atoms with Gasteiger partial charge in [0.1, 0.15) is 0 Å². The maximum Gasteiger partial charge on any atom is 0.239 e. The number of likely N-dealkylation sites (tertiary alicyclic amines) is 1. The van der Waals surface area contributed by atoms with E-state index in [1.165, 1.54) is 4.90 Å². The van der Waals surface area contributed by atoms with Crippen molar-refractivity contribution in [1.29, 1.82) is 0 Å². The Bertz CT molecular complexity index is 370. The molecule has 0 aromatic rings. The summed E-state index contributed by atoms with van der Waals surface area (Å²) in [5.74, 6) is -0.0599. The fraction of sp³-hybridized carbons (Fsp3) is 0.857. The highest BCUT2D eigenvalue weighted by Crippen LogP contribution is 2.18. The summed E-state index contributed by atoms with van der Waals surface area (Å²) in [6.45, 7) is 3.49. The molecule has 114 valence electrons. The van der Waals surface area contributed by atoms with Crippen LogP contribution in [-0.4, -0.2) is 66.4 Å². The molecule has 1 saturated heterocycles. The van der Waals surface area contributed by atoms with E-state index in [1.807, 2.05) is 0 Å². The number of nitrogens with two attached hydrogens (primary N) is 1. The van der Waals surface area contributed by atoms with Crippen molar-refractivity contribution in [3.8, 4) is 0 Å². The minimum Gasteiger partial charge on any atom is -0.352 e. The molecule has 2 fully saturated rings. The molecule has 2 unspecified atom stereocenters.